The van der Waals surface area contributed by atoms with Gasteiger partial charge >= 0.3 is 5.97 Å². The Morgan fingerprint density at radius 3 is 2.22 bits per heavy atom. The Morgan fingerprint density at radius 2 is 1.63 bits per heavy atom. The molecule has 2 rings (SSSR count). The molecule has 1 N–H and O–H groups in total. The molecule has 0 aliphatic heterocycles. The van der Waals surface area contributed by atoms with Crippen LogP contribution >= 0.6 is 0 Å². The van der Waals surface area contributed by atoms with Crippen LogP contribution < -0.4 is 14.8 Å². The van der Waals surface area contributed by atoms with Gasteiger partial charge in [-0.3, -0.25) is 4.79 Å². The lowest BCUT2D eigenvalue weighted by molar-refractivity contribution is -0.155. The lowest BCUT2D eigenvalue weighted by Gasteiger charge is -2.14. The molecule has 144 valence electrons. The minimum Gasteiger partial charge on any atom is -0.494 e. The maximum Gasteiger partial charge on any atom is 0.344 e. The van der Waals surface area contributed by atoms with Crippen LogP contribution in [0.1, 0.15) is 13.8 Å². The largest absolute Gasteiger partial charge is 0.494 e. The Hall–Kier alpha value is -3.16. The monoisotopic (exact) mass is 379 g/mol. The molecule has 2 aromatic rings. The average Bonchev–Trinajstić information content (AvgIpc) is 2.64. The van der Waals surface area contributed by atoms with Gasteiger partial charge in [0.2, 0.25) is 0 Å². The number of benzene rings is 2. The second-order valence-corrected chi connectivity index (χ2v) is 5.44. The van der Waals surface area contributed by atoms with Gasteiger partial charge in [0.15, 0.2) is 24.3 Å². The molecule has 0 spiro atoms. The summed E-state index contributed by atoms with van der Waals surface area (Å²) in [7, 11) is 0. The fourth-order valence-electron chi connectivity index (χ4n) is 2.04. The van der Waals surface area contributed by atoms with Crippen molar-refractivity contribution in [2.45, 2.75) is 20.0 Å². The van der Waals surface area contributed by atoms with E-state index in [-0.39, 0.29) is 5.69 Å². The molecule has 0 aromatic heterocycles. The van der Waals surface area contributed by atoms with Crippen LogP contribution in [-0.2, 0) is 14.3 Å². The highest BCUT2D eigenvalue weighted by Gasteiger charge is 2.19. The van der Waals surface area contributed by atoms with E-state index in [1.807, 2.05) is 6.92 Å². The molecule has 0 aliphatic rings. The van der Waals surface area contributed by atoms with Crippen molar-refractivity contribution >= 4 is 17.6 Å². The molecule has 6 nitrogen and oxygen atoms in total. The molecule has 1 amide bonds. The minimum absolute atomic E-state index is 0.0486. The third-order valence-electron chi connectivity index (χ3n) is 3.36. The highest BCUT2D eigenvalue weighted by Crippen LogP contribution is 2.17. The lowest BCUT2D eigenvalue weighted by atomic mass is 10.3. The van der Waals surface area contributed by atoms with Gasteiger partial charge in [-0.1, -0.05) is 0 Å². The number of halogens is 2. The summed E-state index contributed by atoms with van der Waals surface area (Å²) in [5, 5.41) is 2.33. The van der Waals surface area contributed by atoms with Crippen molar-refractivity contribution in [1.82, 2.24) is 0 Å². The third kappa shape index (κ3) is 6.25. The van der Waals surface area contributed by atoms with Gasteiger partial charge in [0.05, 0.1) is 6.61 Å². The molecular weight excluding hydrogens is 360 g/mol. The van der Waals surface area contributed by atoms with Crippen LogP contribution in [0.4, 0.5) is 14.5 Å². The first kappa shape index (κ1) is 20.2. The lowest BCUT2D eigenvalue weighted by Crippen LogP contribution is -2.31. The summed E-state index contributed by atoms with van der Waals surface area (Å²) in [6, 6.07) is 9.57. The van der Waals surface area contributed by atoms with E-state index in [1.165, 1.54) is 13.0 Å². The van der Waals surface area contributed by atoms with Crippen LogP contribution in [-0.4, -0.2) is 31.2 Å². The summed E-state index contributed by atoms with van der Waals surface area (Å²) < 4.78 is 41.5. The molecule has 0 aliphatic carbocycles. The Kier molecular flexibility index (Phi) is 7.10. The number of anilines is 1. The minimum atomic E-state index is -1.14. The van der Waals surface area contributed by atoms with Gasteiger partial charge in [-0.15, -0.1) is 0 Å². The van der Waals surface area contributed by atoms with Crippen molar-refractivity contribution < 1.29 is 32.6 Å². The molecule has 27 heavy (non-hydrogen) atoms. The number of rotatable bonds is 8. The fourth-order valence-corrected chi connectivity index (χ4v) is 2.04. The second-order valence-electron chi connectivity index (χ2n) is 5.44. The number of ether oxygens (including phenoxy) is 3. The number of carbonyl (C=O) groups excluding carboxylic acids is 2. The molecular formula is C19H19F2NO5. The summed E-state index contributed by atoms with van der Waals surface area (Å²) in [5.74, 6) is -2.45. The third-order valence-corrected chi connectivity index (χ3v) is 3.36. The van der Waals surface area contributed by atoms with Crippen molar-refractivity contribution in [2.75, 3.05) is 18.5 Å². The molecule has 0 bridgehead atoms. The first-order valence-corrected chi connectivity index (χ1v) is 8.20. The predicted molar refractivity (Wildman–Crippen MR) is 93.6 cm³/mol. The molecule has 2 aromatic carbocycles. The number of hydrogen-bond donors (Lipinski definition) is 1. The first-order chi connectivity index (χ1) is 12.9. The standard InChI is InChI=1S/C19H19F2NO5/c1-3-25-14-5-7-15(8-6-14)26-11-18(23)27-12(2)19(24)22-13-4-9-16(20)17(21)10-13/h4-10,12H,3,11H2,1-2H3,(H,22,24)/t12-/m1/s1. The van der Waals surface area contributed by atoms with E-state index in [9.17, 15) is 18.4 Å². The van der Waals surface area contributed by atoms with Crippen molar-refractivity contribution in [2.24, 2.45) is 0 Å². The quantitative estimate of drug-likeness (QED) is 0.713. The van der Waals surface area contributed by atoms with Gasteiger partial charge in [0.25, 0.3) is 5.91 Å². The van der Waals surface area contributed by atoms with E-state index >= 15 is 0 Å². The van der Waals surface area contributed by atoms with Gasteiger partial charge in [0, 0.05) is 11.8 Å². The van der Waals surface area contributed by atoms with E-state index in [4.69, 9.17) is 14.2 Å². The summed E-state index contributed by atoms with van der Waals surface area (Å²) in [4.78, 5) is 23.7. The number of esters is 1. The summed E-state index contributed by atoms with van der Waals surface area (Å²) in [6.07, 6.45) is -1.14. The van der Waals surface area contributed by atoms with Crippen molar-refractivity contribution in [3.8, 4) is 11.5 Å². The van der Waals surface area contributed by atoms with Crippen LogP contribution in [0.3, 0.4) is 0 Å². The zero-order valence-corrected chi connectivity index (χ0v) is 14.8. The van der Waals surface area contributed by atoms with Gasteiger partial charge in [0.1, 0.15) is 11.5 Å². The predicted octanol–water partition coefficient (Wildman–Crippen LogP) is 3.31. The summed E-state index contributed by atoms with van der Waals surface area (Å²) >= 11 is 0. The summed E-state index contributed by atoms with van der Waals surface area (Å²) in [5.41, 5.74) is 0.0486. The normalized spacial score (nSPS) is 11.4. The van der Waals surface area contributed by atoms with E-state index in [0.29, 0.717) is 18.1 Å². The Morgan fingerprint density at radius 1 is 1.00 bits per heavy atom. The number of nitrogens with one attached hydrogen (secondary N) is 1. The molecule has 0 radical (unpaired) electrons. The maximum atomic E-state index is 13.1. The average molecular weight is 379 g/mol. The molecule has 0 saturated heterocycles. The zero-order chi connectivity index (χ0) is 19.8. The Balaban J connectivity index is 1.79. The zero-order valence-electron chi connectivity index (χ0n) is 14.8. The highest BCUT2D eigenvalue weighted by atomic mass is 19.2. The second kappa shape index (κ2) is 9.51. The van der Waals surface area contributed by atoms with Gasteiger partial charge in [-0.25, -0.2) is 13.6 Å². The van der Waals surface area contributed by atoms with E-state index in [0.717, 1.165) is 12.1 Å². The van der Waals surface area contributed by atoms with Crippen LogP contribution in [0.25, 0.3) is 0 Å². The topological polar surface area (TPSA) is 73.9 Å². The van der Waals surface area contributed by atoms with E-state index < -0.39 is 36.2 Å². The van der Waals surface area contributed by atoms with Gasteiger partial charge in [-0.2, -0.15) is 0 Å². The van der Waals surface area contributed by atoms with Crippen molar-refractivity contribution in [1.29, 1.82) is 0 Å². The van der Waals surface area contributed by atoms with Gasteiger partial charge < -0.3 is 19.5 Å². The highest BCUT2D eigenvalue weighted by molar-refractivity contribution is 5.95. The van der Waals surface area contributed by atoms with E-state index in [1.54, 1.807) is 24.3 Å². The molecule has 0 fully saturated rings. The van der Waals surface area contributed by atoms with E-state index in [2.05, 4.69) is 5.32 Å². The number of carbonyl (C=O) groups is 2. The molecule has 0 saturated carbocycles. The van der Waals surface area contributed by atoms with Crippen molar-refractivity contribution in [3.63, 3.8) is 0 Å². The number of hydrogen-bond acceptors (Lipinski definition) is 5. The van der Waals surface area contributed by atoms with Crippen molar-refractivity contribution in [3.05, 3.63) is 54.1 Å². The molecule has 0 unspecified atom stereocenters. The van der Waals surface area contributed by atoms with Gasteiger partial charge in [-0.05, 0) is 50.2 Å². The van der Waals surface area contributed by atoms with Crippen LogP contribution in [0.5, 0.6) is 11.5 Å². The molecule has 1 atom stereocenters. The summed E-state index contributed by atoms with van der Waals surface area (Å²) in [6.45, 7) is 3.36. The molecule has 8 heteroatoms. The Labute approximate surface area is 155 Å². The fraction of sp³-hybridized carbons (Fsp3) is 0.263. The first-order valence-electron chi connectivity index (χ1n) is 8.20. The molecule has 0 heterocycles. The SMILES string of the molecule is CCOc1ccc(OCC(=O)O[C@H](C)C(=O)Nc2ccc(F)c(F)c2)cc1. The maximum absolute atomic E-state index is 13.1. The van der Waals surface area contributed by atoms with Crippen LogP contribution in [0.15, 0.2) is 42.5 Å². The number of amides is 1. The van der Waals surface area contributed by atoms with Crippen LogP contribution in [0, 0.1) is 11.6 Å². The Bertz CT molecular complexity index is 795. The smallest absolute Gasteiger partial charge is 0.344 e. The van der Waals surface area contributed by atoms with Crippen LogP contribution in [0.2, 0.25) is 0 Å².